The summed E-state index contributed by atoms with van der Waals surface area (Å²) in [6.07, 6.45) is 0.972. The summed E-state index contributed by atoms with van der Waals surface area (Å²) < 4.78 is 10.7. The van der Waals surface area contributed by atoms with E-state index < -0.39 is 0 Å². The molecule has 0 N–H and O–H groups in total. The molecule has 0 atom stereocenters. The van der Waals surface area contributed by atoms with E-state index in [1.54, 1.807) is 14.2 Å². The Hall–Kier alpha value is -1.18. The van der Waals surface area contributed by atoms with E-state index in [-0.39, 0.29) is 5.41 Å². The highest BCUT2D eigenvalue weighted by molar-refractivity contribution is 5.49. The Bertz CT molecular complexity index is 362. The second kappa shape index (κ2) is 4.77. The number of methoxy groups -OCH3 is 2. The molecule has 0 saturated heterocycles. The predicted molar refractivity (Wildman–Crippen MR) is 67.6 cm³/mol. The van der Waals surface area contributed by atoms with Crippen molar-refractivity contribution in [2.24, 2.45) is 0 Å². The molecule has 0 amide bonds. The molecule has 2 nitrogen and oxygen atoms in total. The molecule has 0 aliphatic heterocycles. The number of hydrogen-bond acceptors (Lipinski definition) is 2. The van der Waals surface area contributed by atoms with Crippen LogP contribution in [0.2, 0.25) is 0 Å². The van der Waals surface area contributed by atoms with Gasteiger partial charge in [0.1, 0.15) is 11.5 Å². The summed E-state index contributed by atoms with van der Waals surface area (Å²) in [5.41, 5.74) is 2.68. The van der Waals surface area contributed by atoms with Gasteiger partial charge in [-0.25, -0.2) is 0 Å². The van der Waals surface area contributed by atoms with Crippen LogP contribution in [0.5, 0.6) is 11.5 Å². The van der Waals surface area contributed by atoms with E-state index in [4.69, 9.17) is 9.47 Å². The molecule has 0 aliphatic rings. The normalized spacial score (nSPS) is 11.4. The van der Waals surface area contributed by atoms with Crippen LogP contribution < -0.4 is 9.47 Å². The second-order valence-corrected chi connectivity index (χ2v) is 4.96. The summed E-state index contributed by atoms with van der Waals surface area (Å²) in [5.74, 6) is 1.78. The van der Waals surface area contributed by atoms with Gasteiger partial charge in [0.25, 0.3) is 0 Å². The maximum absolute atomic E-state index is 5.43. The molecule has 90 valence electrons. The first kappa shape index (κ1) is 12.9. The van der Waals surface area contributed by atoms with Crippen LogP contribution >= 0.6 is 0 Å². The maximum Gasteiger partial charge on any atom is 0.126 e. The van der Waals surface area contributed by atoms with Gasteiger partial charge in [-0.3, -0.25) is 0 Å². The molecule has 1 aromatic rings. The molecule has 2 heteroatoms. The average molecular weight is 222 g/mol. The molecule has 1 rings (SSSR count). The van der Waals surface area contributed by atoms with Crippen LogP contribution in [0, 0.1) is 0 Å². The Morgan fingerprint density at radius 1 is 1.06 bits per heavy atom. The third-order valence-electron chi connectivity index (χ3n) is 2.80. The Morgan fingerprint density at radius 2 is 1.69 bits per heavy atom. The largest absolute Gasteiger partial charge is 0.497 e. The molecule has 0 bridgehead atoms. The zero-order valence-electron chi connectivity index (χ0n) is 11.2. The lowest BCUT2D eigenvalue weighted by molar-refractivity contribution is 0.387. The molecule has 0 saturated carbocycles. The van der Waals surface area contributed by atoms with E-state index in [1.165, 1.54) is 11.1 Å². The summed E-state index contributed by atoms with van der Waals surface area (Å²) >= 11 is 0. The van der Waals surface area contributed by atoms with E-state index in [2.05, 4.69) is 33.8 Å². The van der Waals surface area contributed by atoms with E-state index in [1.807, 2.05) is 6.07 Å². The van der Waals surface area contributed by atoms with Crippen LogP contribution in [0.15, 0.2) is 12.1 Å². The van der Waals surface area contributed by atoms with E-state index in [0.29, 0.717) is 0 Å². The predicted octanol–water partition coefficient (Wildman–Crippen LogP) is 3.56. The van der Waals surface area contributed by atoms with Crippen molar-refractivity contribution in [1.29, 1.82) is 0 Å². The van der Waals surface area contributed by atoms with Gasteiger partial charge in [0.15, 0.2) is 0 Å². The number of hydrogen-bond donors (Lipinski definition) is 0. The van der Waals surface area contributed by atoms with Crippen LogP contribution in [0.3, 0.4) is 0 Å². The molecule has 16 heavy (non-hydrogen) atoms. The van der Waals surface area contributed by atoms with Crippen LogP contribution in [-0.2, 0) is 11.8 Å². The van der Waals surface area contributed by atoms with Gasteiger partial charge in [-0.15, -0.1) is 0 Å². The fourth-order valence-electron chi connectivity index (χ4n) is 1.95. The molecular weight excluding hydrogens is 200 g/mol. The van der Waals surface area contributed by atoms with Gasteiger partial charge in [-0.05, 0) is 29.0 Å². The van der Waals surface area contributed by atoms with Gasteiger partial charge >= 0.3 is 0 Å². The lowest BCUT2D eigenvalue weighted by Gasteiger charge is -2.25. The van der Waals surface area contributed by atoms with Crippen LogP contribution in [0.1, 0.15) is 38.8 Å². The zero-order valence-corrected chi connectivity index (χ0v) is 11.2. The van der Waals surface area contributed by atoms with Gasteiger partial charge in [-0.1, -0.05) is 27.7 Å². The SMILES string of the molecule is CCc1c(OC)cc(OC)cc1C(C)(C)C. The fourth-order valence-corrected chi connectivity index (χ4v) is 1.95. The number of ether oxygens (including phenoxy) is 2. The van der Waals surface area contributed by atoms with Crippen molar-refractivity contribution in [2.75, 3.05) is 14.2 Å². The molecule has 0 spiro atoms. The Labute approximate surface area is 98.6 Å². The smallest absolute Gasteiger partial charge is 0.126 e. The maximum atomic E-state index is 5.43. The quantitative estimate of drug-likeness (QED) is 0.778. The van der Waals surface area contributed by atoms with Crippen molar-refractivity contribution in [2.45, 2.75) is 39.5 Å². The van der Waals surface area contributed by atoms with Gasteiger partial charge in [0.2, 0.25) is 0 Å². The third-order valence-corrected chi connectivity index (χ3v) is 2.80. The topological polar surface area (TPSA) is 18.5 Å². The van der Waals surface area contributed by atoms with Crippen molar-refractivity contribution in [1.82, 2.24) is 0 Å². The average Bonchev–Trinajstić information content (AvgIpc) is 2.25. The van der Waals surface area contributed by atoms with Crippen LogP contribution in [-0.4, -0.2) is 14.2 Å². The lowest BCUT2D eigenvalue weighted by Crippen LogP contribution is -2.15. The summed E-state index contributed by atoms with van der Waals surface area (Å²) in [4.78, 5) is 0. The minimum absolute atomic E-state index is 0.104. The highest BCUT2D eigenvalue weighted by atomic mass is 16.5. The first-order valence-electron chi connectivity index (χ1n) is 5.69. The molecular formula is C14H22O2. The summed E-state index contributed by atoms with van der Waals surface area (Å²) in [7, 11) is 3.40. The molecule has 0 aliphatic carbocycles. The monoisotopic (exact) mass is 222 g/mol. The van der Waals surface area contributed by atoms with Crippen LogP contribution in [0.4, 0.5) is 0 Å². The van der Waals surface area contributed by atoms with Crippen molar-refractivity contribution >= 4 is 0 Å². The minimum Gasteiger partial charge on any atom is -0.497 e. The summed E-state index contributed by atoms with van der Waals surface area (Å²) in [6, 6.07) is 4.06. The number of rotatable bonds is 3. The second-order valence-electron chi connectivity index (χ2n) is 4.96. The van der Waals surface area contributed by atoms with Crippen molar-refractivity contribution in [3.05, 3.63) is 23.3 Å². The summed E-state index contributed by atoms with van der Waals surface area (Å²) in [5, 5.41) is 0. The Kier molecular flexibility index (Phi) is 3.84. The first-order valence-corrected chi connectivity index (χ1v) is 5.69. The highest BCUT2D eigenvalue weighted by Crippen LogP contribution is 2.36. The van der Waals surface area contributed by atoms with Gasteiger partial charge in [0.05, 0.1) is 14.2 Å². The molecule has 0 heterocycles. The Morgan fingerprint density at radius 3 is 2.06 bits per heavy atom. The minimum atomic E-state index is 0.104. The van der Waals surface area contributed by atoms with Crippen molar-refractivity contribution < 1.29 is 9.47 Å². The van der Waals surface area contributed by atoms with E-state index >= 15 is 0 Å². The van der Waals surface area contributed by atoms with Crippen molar-refractivity contribution in [3.63, 3.8) is 0 Å². The van der Waals surface area contributed by atoms with E-state index in [0.717, 1.165) is 17.9 Å². The fraction of sp³-hybridized carbons (Fsp3) is 0.571. The van der Waals surface area contributed by atoms with Gasteiger partial charge in [0, 0.05) is 6.07 Å². The zero-order chi connectivity index (χ0) is 12.3. The molecule has 0 fully saturated rings. The highest BCUT2D eigenvalue weighted by Gasteiger charge is 2.21. The summed E-state index contributed by atoms with van der Waals surface area (Å²) in [6.45, 7) is 8.78. The van der Waals surface area contributed by atoms with Gasteiger partial charge in [-0.2, -0.15) is 0 Å². The molecule has 0 radical (unpaired) electrons. The third kappa shape index (κ3) is 2.49. The van der Waals surface area contributed by atoms with Crippen LogP contribution in [0.25, 0.3) is 0 Å². The van der Waals surface area contributed by atoms with Gasteiger partial charge < -0.3 is 9.47 Å². The molecule has 0 unspecified atom stereocenters. The van der Waals surface area contributed by atoms with Crippen molar-refractivity contribution in [3.8, 4) is 11.5 Å². The molecule has 0 aromatic heterocycles. The first-order chi connectivity index (χ1) is 7.43. The Balaban J connectivity index is 3.43. The lowest BCUT2D eigenvalue weighted by atomic mass is 9.82. The van der Waals surface area contributed by atoms with E-state index in [9.17, 15) is 0 Å². The molecule has 1 aromatic carbocycles. The number of benzene rings is 1. The standard InChI is InChI=1S/C14H22O2/c1-7-11-12(14(2,3)4)8-10(15-5)9-13(11)16-6/h8-9H,7H2,1-6H3.